The Bertz CT molecular complexity index is 577. The molecule has 0 aliphatic rings. The average molecular weight is 293 g/mol. The number of rotatable bonds is 5. The Morgan fingerprint density at radius 1 is 1.40 bits per heavy atom. The summed E-state index contributed by atoms with van der Waals surface area (Å²) >= 11 is 5.99. The molecule has 20 heavy (non-hydrogen) atoms. The molecule has 0 saturated carbocycles. The first-order chi connectivity index (χ1) is 9.42. The summed E-state index contributed by atoms with van der Waals surface area (Å²) in [6.07, 6.45) is 3.47. The van der Waals surface area contributed by atoms with E-state index in [2.05, 4.69) is 18.9 Å². The Hall–Kier alpha value is -1.32. The van der Waals surface area contributed by atoms with Crippen molar-refractivity contribution in [2.45, 2.75) is 45.3 Å². The van der Waals surface area contributed by atoms with Gasteiger partial charge in [-0.25, -0.2) is 0 Å². The van der Waals surface area contributed by atoms with E-state index in [4.69, 9.17) is 11.6 Å². The number of hydrogen-bond donors (Lipinski definition) is 1. The van der Waals surface area contributed by atoms with Crippen LogP contribution in [0.1, 0.15) is 44.5 Å². The third-order valence-corrected chi connectivity index (χ3v) is 3.91. The maximum atomic E-state index is 10.7. The summed E-state index contributed by atoms with van der Waals surface area (Å²) in [4.78, 5) is 0. The van der Waals surface area contributed by atoms with Gasteiger partial charge in [-0.15, -0.1) is 0 Å². The highest BCUT2D eigenvalue weighted by atomic mass is 35.5. The zero-order valence-electron chi connectivity index (χ0n) is 12.2. The van der Waals surface area contributed by atoms with Gasteiger partial charge >= 0.3 is 0 Å². The first kappa shape index (κ1) is 15.1. The van der Waals surface area contributed by atoms with Gasteiger partial charge in [-0.2, -0.15) is 5.10 Å². The van der Waals surface area contributed by atoms with Crippen LogP contribution in [0, 0.1) is 0 Å². The molecule has 1 N–H and O–H groups in total. The molecule has 108 valence electrons. The smallest absolute Gasteiger partial charge is 0.0924 e. The molecular weight excluding hydrogens is 272 g/mol. The van der Waals surface area contributed by atoms with Crippen LogP contribution in [0.4, 0.5) is 0 Å². The van der Waals surface area contributed by atoms with Crippen molar-refractivity contribution in [2.75, 3.05) is 0 Å². The van der Waals surface area contributed by atoms with Crippen molar-refractivity contribution in [3.8, 4) is 0 Å². The number of nitrogens with zero attached hydrogens (tertiary/aromatic N) is 2. The summed E-state index contributed by atoms with van der Waals surface area (Å²) in [6, 6.07) is 9.68. The van der Waals surface area contributed by atoms with E-state index in [-0.39, 0.29) is 0 Å². The first-order valence-electron chi connectivity index (χ1n) is 6.95. The highest BCUT2D eigenvalue weighted by molar-refractivity contribution is 6.30. The third-order valence-electron chi connectivity index (χ3n) is 3.68. The van der Waals surface area contributed by atoms with E-state index in [1.807, 2.05) is 29.1 Å². The Kier molecular flexibility index (Phi) is 4.51. The molecule has 4 heteroatoms. The van der Waals surface area contributed by atoms with Crippen molar-refractivity contribution in [1.82, 2.24) is 9.78 Å². The second-order valence-electron chi connectivity index (χ2n) is 5.51. The normalized spacial score (nSPS) is 15.8. The van der Waals surface area contributed by atoms with Crippen LogP contribution >= 0.6 is 11.6 Å². The van der Waals surface area contributed by atoms with E-state index in [1.165, 1.54) is 0 Å². The minimum atomic E-state index is -0.973. The van der Waals surface area contributed by atoms with Gasteiger partial charge in [0.2, 0.25) is 0 Å². The Labute approximate surface area is 125 Å². The number of halogens is 1. The quantitative estimate of drug-likeness (QED) is 0.906. The van der Waals surface area contributed by atoms with E-state index < -0.39 is 5.60 Å². The lowest BCUT2D eigenvalue weighted by molar-refractivity contribution is 0.0564. The van der Waals surface area contributed by atoms with Gasteiger partial charge in [0.05, 0.1) is 11.3 Å². The van der Waals surface area contributed by atoms with E-state index in [0.29, 0.717) is 17.5 Å². The van der Waals surface area contributed by atoms with Crippen LogP contribution in [0.5, 0.6) is 0 Å². The minimum absolute atomic E-state index is 0.375. The van der Waals surface area contributed by atoms with Crippen LogP contribution in [0.3, 0.4) is 0 Å². The first-order valence-corrected chi connectivity index (χ1v) is 7.32. The molecule has 0 fully saturated rings. The largest absolute Gasteiger partial charge is 0.385 e. The van der Waals surface area contributed by atoms with E-state index >= 15 is 0 Å². The van der Waals surface area contributed by atoms with Crippen molar-refractivity contribution >= 4 is 11.6 Å². The molecule has 0 spiro atoms. The molecule has 2 aromatic rings. The molecule has 2 atom stereocenters. The summed E-state index contributed by atoms with van der Waals surface area (Å²) in [5.74, 6) is 0. The van der Waals surface area contributed by atoms with Crippen LogP contribution in [0.2, 0.25) is 5.02 Å². The Morgan fingerprint density at radius 3 is 2.80 bits per heavy atom. The highest BCUT2D eigenvalue weighted by Crippen LogP contribution is 2.27. The van der Waals surface area contributed by atoms with Crippen LogP contribution in [0.15, 0.2) is 36.5 Å². The minimum Gasteiger partial charge on any atom is -0.385 e. The topological polar surface area (TPSA) is 38.0 Å². The number of aromatic nitrogens is 2. The van der Waals surface area contributed by atoms with Gasteiger partial charge in [0.25, 0.3) is 0 Å². The summed E-state index contributed by atoms with van der Waals surface area (Å²) in [5, 5.41) is 15.8. The van der Waals surface area contributed by atoms with Crippen LogP contribution in [-0.4, -0.2) is 14.9 Å². The molecule has 1 aromatic carbocycles. The fourth-order valence-electron chi connectivity index (χ4n) is 2.18. The standard InChI is InChI=1S/C16H21ClN2O/c1-4-12(2)19-9-8-15(18-19)11-16(3,20)13-6-5-7-14(17)10-13/h5-10,12,20H,4,11H2,1-3H3. The lowest BCUT2D eigenvalue weighted by Gasteiger charge is -2.23. The zero-order valence-corrected chi connectivity index (χ0v) is 12.9. The zero-order chi connectivity index (χ0) is 14.8. The van der Waals surface area contributed by atoms with E-state index in [1.54, 1.807) is 19.1 Å². The monoisotopic (exact) mass is 292 g/mol. The Balaban J connectivity index is 2.17. The van der Waals surface area contributed by atoms with Crippen molar-refractivity contribution in [1.29, 1.82) is 0 Å². The SMILES string of the molecule is CCC(C)n1ccc(CC(C)(O)c2cccc(Cl)c2)n1. The molecule has 0 aliphatic heterocycles. The van der Waals surface area contributed by atoms with Gasteiger partial charge in [0.15, 0.2) is 0 Å². The lowest BCUT2D eigenvalue weighted by Crippen LogP contribution is -2.24. The average Bonchev–Trinajstić information content (AvgIpc) is 2.85. The lowest BCUT2D eigenvalue weighted by atomic mass is 9.91. The van der Waals surface area contributed by atoms with Gasteiger partial charge in [0.1, 0.15) is 0 Å². The number of benzene rings is 1. The maximum Gasteiger partial charge on any atom is 0.0924 e. The van der Waals surface area contributed by atoms with Gasteiger partial charge in [-0.3, -0.25) is 4.68 Å². The third kappa shape index (κ3) is 3.41. The Morgan fingerprint density at radius 2 is 2.15 bits per heavy atom. The van der Waals surface area contributed by atoms with Crippen LogP contribution in [-0.2, 0) is 12.0 Å². The fourth-order valence-corrected chi connectivity index (χ4v) is 2.37. The molecule has 2 unspecified atom stereocenters. The predicted octanol–water partition coefficient (Wildman–Crippen LogP) is 3.96. The summed E-state index contributed by atoms with van der Waals surface area (Å²) < 4.78 is 1.95. The molecule has 1 aromatic heterocycles. The van der Waals surface area contributed by atoms with Gasteiger partial charge < -0.3 is 5.11 Å². The van der Waals surface area contributed by atoms with Crippen LogP contribution in [0.25, 0.3) is 0 Å². The summed E-state index contributed by atoms with van der Waals surface area (Å²) in [5.41, 5.74) is 0.720. The maximum absolute atomic E-state index is 10.7. The molecule has 2 rings (SSSR count). The van der Waals surface area contributed by atoms with Gasteiger partial charge in [-0.1, -0.05) is 30.7 Å². The van der Waals surface area contributed by atoms with Gasteiger partial charge in [0, 0.05) is 23.7 Å². The molecule has 0 radical (unpaired) electrons. The molecule has 0 aliphatic carbocycles. The fraction of sp³-hybridized carbons (Fsp3) is 0.438. The second kappa shape index (κ2) is 5.98. The molecule has 0 saturated heterocycles. The van der Waals surface area contributed by atoms with Crippen molar-refractivity contribution in [3.63, 3.8) is 0 Å². The molecule has 1 heterocycles. The van der Waals surface area contributed by atoms with E-state index in [0.717, 1.165) is 17.7 Å². The number of aliphatic hydroxyl groups is 1. The summed E-state index contributed by atoms with van der Waals surface area (Å²) in [6.45, 7) is 6.06. The summed E-state index contributed by atoms with van der Waals surface area (Å²) in [7, 11) is 0. The molecule has 0 amide bonds. The van der Waals surface area contributed by atoms with Crippen LogP contribution < -0.4 is 0 Å². The molecule has 3 nitrogen and oxygen atoms in total. The second-order valence-corrected chi connectivity index (χ2v) is 5.94. The van der Waals surface area contributed by atoms with Crippen molar-refractivity contribution in [2.24, 2.45) is 0 Å². The molecule has 0 bridgehead atoms. The van der Waals surface area contributed by atoms with Crippen molar-refractivity contribution < 1.29 is 5.11 Å². The van der Waals surface area contributed by atoms with Crippen molar-refractivity contribution in [3.05, 3.63) is 52.8 Å². The predicted molar refractivity (Wildman–Crippen MR) is 82.0 cm³/mol. The van der Waals surface area contributed by atoms with E-state index in [9.17, 15) is 5.11 Å². The van der Waals surface area contributed by atoms with Gasteiger partial charge in [-0.05, 0) is 44.0 Å². The number of hydrogen-bond acceptors (Lipinski definition) is 2. The highest BCUT2D eigenvalue weighted by Gasteiger charge is 2.25. The molecular formula is C16H21ClN2O.